The maximum atomic E-state index is 13.0. The average Bonchev–Trinajstić information content (AvgIpc) is 2.65. The Morgan fingerprint density at radius 2 is 1.88 bits per heavy atom. The van der Waals surface area contributed by atoms with E-state index in [4.69, 9.17) is 11.5 Å². The summed E-state index contributed by atoms with van der Waals surface area (Å²) in [6.07, 6.45) is 8.99. The number of hydrogen-bond donors (Lipinski definition) is 4. The van der Waals surface area contributed by atoms with Crippen LogP contribution in [0.1, 0.15) is 65.2 Å². The Morgan fingerprint density at radius 3 is 2.64 bits per heavy atom. The van der Waals surface area contributed by atoms with Gasteiger partial charge >= 0.3 is 0 Å². The van der Waals surface area contributed by atoms with Crippen LogP contribution in [-0.2, 0) is 4.79 Å². The number of nitrogens with two attached hydrogens (primary N) is 2. The molecule has 6 N–H and O–H groups in total. The van der Waals surface area contributed by atoms with E-state index in [0.29, 0.717) is 12.5 Å². The summed E-state index contributed by atoms with van der Waals surface area (Å²) >= 11 is 0. The molecule has 0 spiro atoms. The summed E-state index contributed by atoms with van der Waals surface area (Å²) in [6, 6.07) is 0.752. The summed E-state index contributed by atoms with van der Waals surface area (Å²) in [5, 5.41) is 15.3. The third-order valence-corrected chi connectivity index (χ3v) is 7.93. The molecule has 1 heterocycles. The van der Waals surface area contributed by atoms with E-state index in [1.165, 1.54) is 0 Å². The number of piperidine rings is 1. The van der Waals surface area contributed by atoms with E-state index in [1.807, 2.05) is 6.92 Å². The van der Waals surface area contributed by atoms with Gasteiger partial charge in [0.2, 0.25) is 0 Å². The fraction of sp³-hybridized carbons (Fsp3) is 0.850. The van der Waals surface area contributed by atoms with Crippen LogP contribution >= 0.6 is 0 Å². The van der Waals surface area contributed by atoms with E-state index >= 15 is 0 Å². The molecule has 3 aliphatic carbocycles. The van der Waals surface area contributed by atoms with Gasteiger partial charge in [-0.05, 0) is 64.0 Å². The topological polar surface area (TPSA) is 101 Å². The first-order valence-corrected chi connectivity index (χ1v) is 10.0. The highest BCUT2D eigenvalue weighted by Crippen LogP contribution is 2.53. The van der Waals surface area contributed by atoms with Gasteiger partial charge in [0.1, 0.15) is 0 Å². The van der Waals surface area contributed by atoms with Gasteiger partial charge in [0.05, 0.1) is 11.1 Å². The predicted molar refractivity (Wildman–Crippen MR) is 97.9 cm³/mol. The maximum Gasteiger partial charge on any atom is 0.177 e. The fourth-order valence-corrected chi connectivity index (χ4v) is 6.39. The van der Waals surface area contributed by atoms with Gasteiger partial charge in [-0.25, -0.2) is 0 Å². The second-order valence-corrected chi connectivity index (χ2v) is 9.32. The summed E-state index contributed by atoms with van der Waals surface area (Å²) in [5.74, 6) is 0.0511. The third-order valence-electron chi connectivity index (χ3n) is 7.93. The molecule has 0 bridgehead atoms. The first-order chi connectivity index (χ1) is 11.7. The Hall–Kier alpha value is -0.750. The summed E-state index contributed by atoms with van der Waals surface area (Å²) < 4.78 is 0. The zero-order valence-electron chi connectivity index (χ0n) is 15.6. The minimum Gasteiger partial charge on any atom is -0.385 e. The molecule has 1 saturated heterocycles. The van der Waals surface area contributed by atoms with Crippen molar-refractivity contribution < 1.29 is 9.90 Å². The predicted octanol–water partition coefficient (Wildman–Crippen LogP) is 1.38. The molecule has 0 amide bonds. The zero-order chi connectivity index (χ0) is 18.0. The smallest absolute Gasteiger partial charge is 0.177 e. The number of ketones is 1. The van der Waals surface area contributed by atoms with Gasteiger partial charge in [0, 0.05) is 29.5 Å². The lowest BCUT2D eigenvalue weighted by Gasteiger charge is -2.56. The van der Waals surface area contributed by atoms with Crippen molar-refractivity contribution in [2.75, 3.05) is 0 Å². The zero-order valence-corrected chi connectivity index (χ0v) is 15.6. The highest BCUT2D eigenvalue weighted by atomic mass is 16.3. The van der Waals surface area contributed by atoms with E-state index in [2.05, 4.69) is 12.2 Å². The number of carbonyl (C=O) groups excluding carboxylic acids is 1. The number of nitrogens with one attached hydrogen (secondary N) is 1. The molecule has 3 fully saturated rings. The molecule has 0 aromatic heterocycles. The van der Waals surface area contributed by atoms with Crippen LogP contribution in [0.25, 0.3) is 0 Å². The van der Waals surface area contributed by atoms with E-state index in [-0.39, 0.29) is 23.7 Å². The van der Waals surface area contributed by atoms with Crippen molar-refractivity contribution in [3.63, 3.8) is 0 Å². The first kappa shape index (κ1) is 17.7. The summed E-state index contributed by atoms with van der Waals surface area (Å²) in [7, 11) is 0. The van der Waals surface area contributed by atoms with E-state index in [1.54, 1.807) is 6.08 Å². The van der Waals surface area contributed by atoms with Crippen LogP contribution < -0.4 is 16.8 Å². The molecule has 25 heavy (non-hydrogen) atoms. The van der Waals surface area contributed by atoms with Crippen molar-refractivity contribution in [1.82, 2.24) is 5.32 Å². The first-order valence-electron chi connectivity index (χ1n) is 10.0. The number of aliphatic hydroxyl groups is 1. The molecular formula is C20H33N3O2. The van der Waals surface area contributed by atoms with Crippen LogP contribution in [0.2, 0.25) is 0 Å². The normalized spacial score (nSPS) is 53.2. The van der Waals surface area contributed by atoms with E-state index < -0.39 is 16.7 Å². The highest BCUT2D eigenvalue weighted by Gasteiger charge is 2.62. The quantitative estimate of drug-likeness (QED) is 0.530. The molecule has 2 saturated carbocycles. The standard InChI is InChI=1S/C20H33N3O2/c1-12-5-6-14-16(23-12)8-7-13-15(18(14,2)25)11-17(24)20(22)10-4-3-9-19(13,20)21/h11-14,16,23,25H,3-10,21-22H2,1-2H3/t12?,13?,14-,16-,18-,19?,20?/m1/s1. The third kappa shape index (κ3) is 2.32. The number of rotatable bonds is 0. The summed E-state index contributed by atoms with van der Waals surface area (Å²) in [6.45, 7) is 4.11. The van der Waals surface area contributed by atoms with Crippen molar-refractivity contribution in [2.24, 2.45) is 23.3 Å². The molecule has 4 aliphatic rings. The molecule has 5 nitrogen and oxygen atoms in total. The molecule has 5 heteroatoms. The second-order valence-electron chi connectivity index (χ2n) is 9.32. The highest BCUT2D eigenvalue weighted by molar-refractivity contribution is 6.01. The van der Waals surface area contributed by atoms with Gasteiger partial charge in [-0.2, -0.15) is 0 Å². The molecule has 1 aliphatic heterocycles. The average molecular weight is 348 g/mol. The summed E-state index contributed by atoms with van der Waals surface area (Å²) in [5.41, 5.74) is 11.7. The number of fused-ring (bicyclic) bond motifs is 4. The maximum absolute atomic E-state index is 13.0. The second kappa shape index (κ2) is 5.62. The van der Waals surface area contributed by atoms with Crippen molar-refractivity contribution >= 4 is 5.78 Å². The lowest BCUT2D eigenvalue weighted by Crippen LogP contribution is -2.76. The Labute approximate surface area is 150 Å². The van der Waals surface area contributed by atoms with Crippen LogP contribution in [0.3, 0.4) is 0 Å². The monoisotopic (exact) mass is 347 g/mol. The Morgan fingerprint density at radius 1 is 1.16 bits per heavy atom. The number of hydrogen-bond acceptors (Lipinski definition) is 5. The molecule has 140 valence electrons. The minimum absolute atomic E-state index is 0.00629. The van der Waals surface area contributed by atoms with Crippen LogP contribution in [0.4, 0.5) is 0 Å². The molecule has 0 radical (unpaired) electrons. The van der Waals surface area contributed by atoms with Crippen molar-refractivity contribution in [1.29, 1.82) is 0 Å². The van der Waals surface area contributed by atoms with Gasteiger partial charge in [-0.3, -0.25) is 4.79 Å². The van der Waals surface area contributed by atoms with Gasteiger partial charge in [0.15, 0.2) is 5.78 Å². The van der Waals surface area contributed by atoms with Crippen molar-refractivity contribution in [3.8, 4) is 0 Å². The lowest BCUT2D eigenvalue weighted by molar-refractivity contribution is -0.126. The fourth-order valence-electron chi connectivity index (χ4n) is 6.39. The Kier molecular flexibility index (Phi) is 3.97. The van der Waals surface area contributed by atoms with Gasteiger partial charge in [-0.1, -0.05) is 12.8 Å². The van der Waals surface area contributed by atoms with Crippen LogP contribution in [0.5, 0.6) is 0 Å². The largest absolute Gasteiger partial charge is 0.385 e. The number of carbonyl (C=O) groups is 1. The van der Waals surface area contributed by atoms with E-state index in [9.17, 15) is 9.90 Å². The molecule has 7 atom stereocenters. The van der Waals surface area contributed by atoms with Crippen molar-refractivity contribution in [2.45, 2.75) is 94.0 Å². The SMILES string of the molecule is CC1CC[C@@H]2[C@@H](CCC3C(=CC(=O)C4(N)CCCCC34N)[C@]2(C)O)N1. The van der Waals surface area contributed by atoms with Gasteiger partial charge in [-0.15, -0.1) is 0 Å². The molecule has 0 aromatic carbocycles. The Bertz CT molecular complexity index is 616. The Balaban J connectivity index is 1.81. The van der Waals surface area contributed by atoms with E-state index in [0.717, 1.165) is 50.5 Å². The van der Waals surface area contributed by atoms with Crippen molar-refractivity contribution in [3.05, 3.63) is 11.6 Å². The molecular weight excluding hydrogens is 314 g/mol. The minimum atomic E-state index is -1.00. The van der Waals surface area contributed by atoms with Crippen LogP contribution in [0, 0.1) is 11.8 Å². The molecule has 4 unspecified atom stereocenters. The van der Waals surface area contributed by atoms with Crippen LogP contribution in [0.15, 0.2) is 11.6 Å². The lowest BCUT2D eigenvalue weighted by atomic mass is 9.53. The van der Waals surface area contributed by atoms with Gasteiger partial charge < -0.3 is 21.9 Å². The molecule has 4 rings (SSSR count). The molecule has 0 aromatic rings. The summed E-state index contributed by atoms with van der Waals surface area (Å²) in [4.78, 5) is 13.0. The van der Waals surface area contributed by atoms with Gasteiger partial charge in [0.25, 0.3) is 0 Å². The van der Waals surface area contributed by atoms with Crippen LogP contribution in [-0.4, -0.2) is 39.7 Å².